The molecule has 0 aromatic heterocycles. The highest BCUT2D eigenvalue weighted by atomic mass is 16.5. The number of nitrogens with one attached hydrogen (secondary N) is 1. The van der Waals surface area contributed by atoms with Gasteiger partial charge in [-0.15, -0.1) is 0 Å². The average molecular weight is 398 g/mol. The SMILES string of the molecule is COc1ccc(OCC(=O)NCC(c2ccc(N(C)C)cc2)N2CCCC2)cc1. The van der Waals surface area contributed by atoms with Crippen LogP contribution < -0.4 is 19.7 Å². The third-order valence-corrected chi connectivity index (χ3v) is 5.30. The zero-order valence-corrected chi connectivity index (χ0v) is 17.6. The second-order valence-electron chi connectivity index (χ2n) is 7.51. The van der Waals surface area contributed by atoms with Crippen molar-refractivity contribution in [1.29, 1.82) is 0 Å². The Kier molecular flexibility index (Phi) is 7.36. The molecule has 0 aliphatic carbocycles. The van der Waals surface area contributed by atoms with Gasteiger partial charge in [0.05, 0.1) is 13.2 Å². The quantitative estimate of drug-likeness (QED) is 0.705. The lowest BCUT2D eigenvalue weighted by Crippen LogP contribution is -2.38. The van der Waals surface area contributed by atoms with Gasteiger partial charge in [-0.1, -0.05) is 12.1 Å². The van der Waals surface area contributed by atoms with Crippen molar-refractivity contribution in [3.63, 3.8) is 0 Å². The summed E-state index contributed by atoms with van der Waals surface area (Å²) < 4.78 is 10.7. The Morgan fingerprint density at radius 1 is 1.03 bits per heavy atom. The molecular weight excluding hydrogens is 366 g/mol. The fourth-order valence-corrected chi connectivity index (χ4v) is 3.59. The first-order chi connectivity index (χ1) is 14.1. The number of rotatable bonds is 9. The van der Waals surface area contributed by atoms with Crippen LogP contribution in [0.1, 0.15) is 24.4 Å². The number of methoxy groups -OCH3 is 1. The molecule has 1 saturated heterocycles. The van der Waals surface area contributed by atoms with E-state index in [0.717, 1.165) is 18.8 Å². The minimum Gasteiger partial charge on any atom is -0.497 e. The highest BCUT2D eigenvalue weighted by Crippen LogP contribution is 2.26. The zero-order chi connectivity index (χ0) is 20.6. The van der Waals surface area contributed by atoms with E-state index in [1.165, 1.54) is 24.1 Å². The topological polar surface area (TPSA) is 54.0 Å². The molecule has 2 aromatic carbocycles. The van der Waals surface area contributed by atoms with E-state index in [2.05, 4.69) is 39.4 Å². The maximum absolute atomic E-state index is 12.3. The Bertz CT molecular complexity index is 769. The summed E-state index contributed by atoms with van der Waals surface area (Å²) in [5.74, 6) is 1.29. The van der Waals surface area contributed by atoms with Gasteiger partial charge in [0.2, 0.25) is 0 Å². The number of hydrogen-bond acceptors (Lipinski definition) is 5. The number of nitrogens with zero attached hydrogens (tertiary/aromatic N) is 2. The molecule has 156 valence electrons. The first-order valence-electron chi connectivity index (χ1n) is 10.1. The molecule has 1 aliphatic heterocycles. The summed E-state index contributed by atoms with van der Waals surface area (Å²) in [6.07, 6.45) is 2.42. The molecule has 6 heteroatoms. The van der Waals surface area contributed by atoms with Crippen molar-refractivity contribution >= 4 is 11.6 Å². The van der Waals surface area contributed by atoms with Crippen LogP contribution in [0.3, 0.4) is 0 Å². The predicted octanol–water partition coefficient (Wildman–Crippen LogP) is 3.09. The van der Waals surface area contributed by atoms with Gasteiger partial charge in [0.1, 0.15) is 11.5 Å². The van der Waals surface area contributed by atoms with E-state index in [4.69, 9.17) is 9.47 Å². The van der Waals surface area contributed by atoms with Gasteiger partial charge >= 0.3 is 0 Å². The van der Waals surface area contributed by atoms with Crippen LogP contribution in [-0.2, 0) is 4.79 Å². The van der Waals surface area contributed by atoms with E-state index >= 15 is 0 Å². The molecule has 2 aromatic rings. The number of carbonyl (C=O) groups is 1. The summed E-state index contributed by atoms with van der Waals surface area (Å²) in [7, 11) is 5.69. The Balaban J connectivity index is 1.56. The van der Waals surface area contributed by atoms with Crippen LogP contribution in [-0.4, -0.2) is 58.3 Å². The highest BCUT2D eigenvalue weighted by Gasteiger charge is 2.24. The molecule has 1 aliphatic rings. The number of carbonyl (C=O) groups excluding carboxylic acids is 1. The van der Waals surface area contributed by atoms with Crippen molar-refractivity contribution in [3.8, 4) is 11.5 Å². The number of benzene rings is 2. The number of anilines is 1. The van der Waals surface area contributed by atoms with Gasteiger partial charge in [-0.3, -0.25) is 9.69 Å². The Morgan fingerprint density at radius 3 is 2.24 bits per heavy atom. The molecule has 1 atom stereocenters. The molecule has 1 amide bonds. The van der Waals surface area contributed by atoms with Crippen molar-refractivity contribution in [2.24, 2.45) is 0 Å². The monoisotopic (exact) mass is 397 g/mol. The second-order valence-corrected chi connectivity index (χ2v) is 7.51. The molecule has 1 unspecified atom stereocenters. The maximum atomic E-state index is 12.3. The highest BCUT2D eigenvalue weighted by molar-refractivity contribution is 5.77. The van der Waals surface area contributed by atoms with Crippen LogP contribution in [0.4, 0.5) is 5.69 Å². The Labute approximate surface area is 173 Å². The third-order valence-electron chi connectivity index (χ3n) is 5.30. The molecule has 1 N–H and O–H groups in total. The number of likely N-dealkylation sites (tertiary alicyclic amines) is 1. The lowest BCUT2D eigenvalue weighted by Gasteiger charge is -2.28. The fraction of sp³-hybridized carbons (Fsp3) is 0.435. The number of ether oxygens (including phenoxy) is 2. The first kappa shape index (κ1) is 21.0. The molecule has 0 bridgehead atoms. The molecule has 0 radical (unpaired) electrons. The minimum atomic E-state index is -0.116. The number of amides is 1. The zero-order valence-electron chi connectivity index (χ0n) is 17.6. The van der Waals surface area contributed by atoms with Crippen molar-refractivity contribution < 1.29 is 14.3 Å². The molecule has 0 spiro atoms. The lowest BCUT2D eigenvalue weighted by molar-refractivity contribution is -0.123. The molecular formula is C23H31N3O3. The van der Waals surface area contributed by atoms with Gasteiger partial charge in [0, 0.05) is 26.3 Å². The van der Waals surface area contributed by atoms with Crippen molar-refractivity contribution in [2.75, 3.05) is 52.3 Å². The van der Waals surface area contributed by atoms with Gasteiger partial charge in [-0.05, 0) is 67.9 Å². The summed E-state index contributed by atoms with van der Waals surface area (Å²) in [5.41, 5.74) is 2.40. The van der Waals surface area contributed by atoms with Crippen molar-refractivity contribution in [2.45, 2.75) is 18.9 Å². The van der Waals surface area contributed by atoms with Crippen LogP contribution in [0.25, 0.3) is 0 Å². The van der Waals surface area contributed by atoms with E-state index in [0.29, 0.717) is 12.3 Å². The van der Waals surface area contributed by atoms with Gasteiger partial charge in [-0.2, -0.15) is 0 Å². The van der Waals surface area contributed by atoms with Crippen LogP contribution in [0, 0.1) is 0 Å². The van der Waals surface area contributed by atoms with E-state index in [1.54, 1.807) is 19.2 Å². The summed E-state index contributed by atoms with van der Waals surface area (Å²) in [5, 5.41) is 3.05. The molecule has 1 fully saturated rings. The van der Waals surface area contributed by atoms with Gasteiger partial charge in [0.25, 0.3) is 5.91 Å². The van der Waals surface area contributed by atoms with Crippen LogP contribution in [0.2, 0.25) is 0 Å². The van der Waals surface area contributed by atoms with Gasteiger partial charge in [0.15, 0.2) is 6.61 Å². The fourth-order valence-electron chi connectivity index (χ4n) is 3.59. The number of hydrogen-bond donors (Lipinski definition) is 1. The molecule has 29 heavy (non-hydrogen) atoms. The minimum absolute atomic E-state index is 0.00137. The van der Waals surface area contributed by atoms with Crippen molar-refractivity contribution in [3.05, 3.63) is 54.1 Å². The lowest BCUT2D eigenvalue weighted by atomic mass is 10.0. The van der Waals surface area contributed by atoms with Gasteiger partial charge < -0.3 is 19.7 Å². The average Bonchev–Trinajstić information content (AvgIpc) is 3.27. The standard InChI is InChI=1S/C23H31N3O3/c1-25(2)19-8-6-18(7-9-19)22(26-14-4-5-15-26)16-24-23(27)17-29-21-12-10-20(28-3)11-13-21/h6-13,22H,4-5,14-17H2,1-3H3,(H,24,27). The summed E-state index contributed by atoms with van der Waals surface area (Å²) in [6, 6.07) is 16.0. The van der Waals surface area contributed by atoms with Crippen LogP contribution in [0.5, 0.6) is 11.5 Å². The molecule has 0 saturated carbocycles. The molecule has 1 heterocycles. The molecule has 3 rings (SSSR count). The Morgan fingerprint density at radius 2 is 1.66 bits per heavy atom. The summed E-state index contributed by atoms with van der Waals surface area (Å²) >= 11 is 0. The summed E-state index contributed by atoms with van der Waals surface area (Å²) in [6.45, 7) is 2.71. The molecule has 6 nitrogen and oxygen atoms in total. The predicted molar refractivity (Wildman–Crippen MR) is 116 cm³/mol. The largest absolute Gasteiger partial charge is 0.497 e. The van der Waals surface area contributed by atoms with E-state index in [9.17, 15) is 4.79 Å². The third kappa shape index (κ3) is 5.87. The maximum Gasteiger partial charge on any atom is 0.258 e. The van der Waals surface area contributed by atoms with E-state index < -0.39 is 0 Å². The first-order valence-corrected chi connectivity index (χ1v) is 10.1. The Hall–Kier alpha value is -2.73. The van der Waals surface area contributed by atoms with E-state index in [-0.39, 0.29) is 18.6 Å². The normalized spacial score (nSPS) is 15.0. The summed E-state index contributed by atoms with van der Waals surface area (Å²) in [4.78, 5) is 16.9. The van der Waals surface area contributed by atoms with Gasteiger partial charge in [-0.25, -0.2) is 0 Å². The smallest absolute Gasteiger partial charge is 0.258 e. The van der Waals surface area contributed by atoms with Crippen molar-refractivity contribution in [1.82, 2.24) is 10.2 Å². The van der Waals surface area contributed by atoms with Crippen LogP contribution >= 0.6 is 0 Å². The second kappa shape index (κ2) is 10.2. The van der Waals surface area contributed by atoms with E-state index in [1.807, 2.05) is 26.2 Å². The van der Waals surface area contributed by atoms with Crippen LogP contribution in [0.15, 0.2) is 48.5 Å².